The first kappa shape index (κ1) is 14.6. The monoisotopic (exact) mass is 289 g/mol. The Bertz CT molecular complexity index is 677. The van der Waals surface area contributed by atoms with Crippen LogP contribution in [0.25, 0.3) is 10.9 Å². The molecule has 112 valence electrons. The number of fused-ring (bicyclic) bond motifs is 1. The van der Waals surface area contributed by atoms with Gasteiger partial charge in [0.25, 0.3) is 0 Å². The van der Waals surface area contributed by atoms with Crippen LogP contribution in [-0.4, -0.2) is 23.3 Å². The molecular formula is C16H21BFNO2. The average Bonchev–Trinajstić information content (AvgIpc) is 2.87. The van der Waals surface area contributed by atoms with Crippen molar-refractivity contribution in [3.8, 4) is 0 Å². The van der Waals surface area contributed by atoms with E-state index in [1.54, 1.807) is 6.07 Å². The molecule has 5 heteroatoms. The van der Waals surface area contributed by atoms with Gasteiger partial charge in [0.15, 0.2) is 0 Å². The van der Waals surface area contributed by atoms with E-state index in [1.807, 2.05) is 33.9 Å². The molecule has 1 N–H and O–H groups in total. The maximum Gasteiger partial charge on any atom is 0.497 e. The van der Waals surface area contributed by atoms with Gasteiger partial charge in [-0.2, -0.15) is 0 Å². The molecule has 1 saturated heterocycles. The number of nitrogens with one attached hydrogen (secondary N) is 1. The average molecular weight is 289 g/mol. The maximum atomic E-state index is 14.0. The van der Waals surface area contributed by atoms with E-state index in [0.29, 0.717) is 0 Å². The smallest absolute Gasteiger partial charge is 0.399 e. The molecule has 1 aliphatic rings. The van der Waals surface area contributed by atoms with E-state index in [9.17, 15) is 4.39 Å². The van der Waals surface area contributed by atoms with Crippen molar-refractivity contribution < 1.29 is 13.7 Å². The van der Waals surface area contributed by atoms with E-state index >= 15 is 0 Å². The molecule has 1 fully saturated rings. The number of aromatic nitrogens is 1. The zero-order valence-corrected chi connectivity index (χ0v) is 13.2. The van der Waals surface area contributed by atoms with Crippen LogP contribution in [0.2, 0.25) is 0 Å². The van der Waals surface area contributed by atoms with Gasteiger partial charge in [0, 0.05) is 22.6 Å². The normalized spacial score (nSPS) is 20.4. The molecular weight excluding hydrogens is 268 g/mol. The van der Waals surface area contributed by atoms with Crippen LogP contribution < -0.4 is 5.46 Å². The lowest BCUT2D eigenvalue weighted by Crippen LogP contribution is -2.41. The minimum absolute atomic E-state index is 0.262. The summed E-state index contributed by atoms with van der Waals surface area (Å²) in [4.78, 5) is 3.24. The zero-order valence-electron chi connectivity index (χ0n) is 13.2. The largest absolute Gasteiger partial charge is 0.497 e. The molecule has 0 aliphatic carbocycles. The highest BCUT2D eigenvalue weighted by atomic mass is 19.1. The highest BCUT2D eigenvalue weighted by Gasteiger charge is 2.52. The Balaban J connectivity index is 2.12. The summed E-state index contributed by atoms with van der Waals surface area (Å²) in [6, 6.07) is 3.07. The van der Waals surface area contributed by atoms with Gasteiger partial charge in [-0.05, 0) is 51.8 Å². The lowest BCUT2D eigenvalue weighted by Gasteiger charge is -2.32. The molecule has 0 radical (unpaired) electrons. The number of aryl methyl sites for hydroxylation is 1. The molecule has 1 aromatic carbocycles. The summed E-state index contributed by atoms with van der Waals surface area (Å²) in [6.07, 6.45) is 2.78. The van der Waals surface area contributed by atoms with E-state index in [1.165, 1.54) is 6.07 Å². The van der Waals surface area contributed by atoms with E-state index in [0.717, 1.165) is 28.4 Å². The van der Waals surface area contributed by atoms with Crippen molar-refractivity contribution >= 4 is 23.5 Å². The molecule has 0 bridgehead atoms. The third kappa shape index (κ3) is 2.19. The van der Waals surface area contributed by atoms with Gasteiger partial charge in [-0.1, -0.05) is 6.92 Å². The molecule has 0 amide bonds. The van der Waals surface area contributed by atoms with E-state index in [2.05, 4.69) is 11.9 Å². The first-order valence-corrected chi connectivity index (χ1v) is 7.40. The first-order valence-electron chi connectivity index (χ1n) is 7.40. The van der Waals surface area contributed by atoms with Crippen LogP contribution in [0.3, 0.4) is 0 Å². The Hall–Kier alpha value is -1.33. The van der Waals surface area contributed by atoms with Crippen LogP contribution >= 0.6 is 0 Å². The summed E-state index contributed by atoms with van der Waals surface area (Å²) < 4.78 is 26.1. The van der Waals surface area contributed by atoms with Gasteiger partial charge in [-0.3, -0.25) is 0 Å². The first-order chi connectivity index (χ1) is 9.75. The van der Waals surface area contributed by atoms with Crippen molar-refractivity contribution in [1.29, 1.82) is 0 Å². The summed E-state index contributed by atoms with van der Waals surface area (Å²) in [5, 5.41) is 0.905. The Morgan fingerprint density at radius 1 is 1.14 bits per heavy atom. The van der Waals surface area contributed by atoms with Crippen LogP contribution in [0, 0.1) is 5.82 Å². The number of aromatic amines is 1. The number of hydrogen-bond donors (Lipinski definition) is 1. The van der Waals surface area contributed by atoms with Gasteiger partial charge < -0.3 is 14.3 Å². The Morgan fingerprint density at radius 2 is 1.76 bits per heavy atom. The van der Waals surface area contributed by atoms with Crippen LogP contribution in [0.5, 0.6) is 0 Å². The van der Waals surface area contributed by atoms with Gasteiger partial charge in [0.1, 0.15) is 5.82 Å². The molecule has 1 aliphatic heterocycles. The second kappa shape index (κ2) is 4.58. The maximum absolute atomic E-state index is 14.0. The molecule has 3 nitrogen and oxygen atoms in total. The van der Waals surface area contributed by atoms with Crippen LogP contribution in [0.15, 0.2) is 18.3 Å². The molecule has 21 heavy (non-hydrogen) atoms. The number of H-pyrrole nitrogens is 1. The summed E-state index contributed by atoms with van der Waals surface area (Å²) in [6.45, 7) is 10.0. The fraction of sp³-hybridized carbons (Fsp3) is 0.500. The second-order valence-corrected chi connectivity index (χ2v) is 6.67. The third-order valence-corrected chi connectivity index (χ3v) is 4.76. The van der Waals surface area contributed by atoms with Crippen molar-refractivity contribution in [1.82, 2.24) is 4.98 Å². The van der Waals surface area contributed by atoms with Crippen molar-refractivity contribution in [3.63, 3.8) is 0 Å². The summed E-state index contributed by atoms with van der Waals surface area (Å²) in [5.74, 6) is -0.262. The minimum Gasteiger partial charge on any atom is -0.399 e. The number of halogens is 1. The molecule has 3 rings (SSSR count). The number of rotatable bonds is 2. The molecule has 2 aromatic rings. The molecule has 0 spiro atoms. The van der Waals surface area contributed by atoms with E-state index in [-0.39, 0.29) is 5.82 Å². The predicted molar refractivity (Wildman–Crippen MR) is 83.4 cm³/mol. The van der Waals surface area contributed by atoms with E-state index < -0.39 is 18.3 Å². The van der Waals surface area contributed by atoms with Crippen molar-refractivity contribution in [2.75, 3.05) is 0 Å². The minimum atomic E-state index is -0.559. The van der Waals surface area contributed by atoms with Crippen molar-refractivity contribution in [2.24, 2.45) is 0 Å². The molecule has 0 atom stereocenters. The van der Waals surface area contributed by atoms with Crippen LogP contribution in [0.1, 0.15) is 40.2 Å². The third-order valence-electron chi connectivity index (χ3n) is 4.76. The highest BCUT2D eigenvalue weighted by molar-refractivity contribution is 6.65. The van der Waals surface area contributed by atoms with Gasteiger partial charge in [0.2, 0.25) is 0 Å². The standard InChI is InChI=1S/C16H21BFNO2/c1-6-10-9-19-14-12(10)7-11(18)8-13(14)17-20-15(2,3)16(4,5)21-17/h7-9,19H,6H2,1-5H3. The van der Waals surface area contributed by atoms with Gasteiger partial charge in [-0.15, -0.1) is 0 Å². The fourth-order valence-electron chi connectivity index (χ4n) is 2.73. The Labute approximate surface area is 125 Å². The molecule has 0 saturated carbocycles. The highest BCUT2D eigenvalue weighted by Crippen LogP contribution is 2.37. The SMILES string of the molecule is CCc1c[nH]c2c(B3OC(C)(C)C(C)(C)O3)cc(F)cc12. The van der Waals surface area contributed by atoms with Crippen LogP contribution in [-0.2, 0) is 15.7 Å². The second-order valence-electron chi connectivity index (χ2n) is 6.67. The Morgan fingerprint density at radius 3 is 2.33 bits per heavy atom. The lowest BCUT2D eigenvalue weighted by molar-refractivity contribution is 0.00578. The summed E-state index contributed by atoms with van der Waals surface area (Å²) >= 11 is 0. The summed E-state index contributed by atoms with van der Waals surface area (Å²) in [7, 11) is -0.559. The molecule has 2 heterocycles. The molecule has 0 unspecified atom stereocenters. The fourth-order valence-corrected chi connectivity index (χ4v) is 2.73. The van der Waals surface area contributed by atoms with Crippen molar-refractivity contribution in [3.05, 3.63) is 29.7 Å². The van der Waals surface area contributed by atoms with Gasteiger partial charge >= 0.3 is 7.12 Å². The number of benzene rings is 1. The van der Waals surface area contributed by atoms with Crippen molar-refractivity contribution in [2.45, 2.75) is 52.2 Å². The summed E-state index contributed by atoms with van der Waals surface area (Å²) in [5.41, 5.74) is 1.85. The molecule has 1 aromatic heterocycles. The predicted octanol–water partition coefficient (Wildman–Crippen LogP) is 3.17. The zero-order chi connectivity index (χ0) is 15.4. The number of hydrogen-bond acceptors (Lipinski definition) is 2. The quantitative estimate of drug-likeness (QED) is 0.862. The van der Waals surface area contributed by atoms with E-state index in [4.69, 9.17) is 9.31 Å². The van der Waals surface area contributed by atoms with Crippen LogP contribution in [0.4, 0.5) is 4.39 Å². The lowest BCUT2D eigenvalue weighted by atomic mass is 9.77. The Kier molecular flexibility index (Phi) is 3.19. The van der Waals surface area contributed by atoms with Gasteiger partial charge in [-0.25, -0.2) is 4.39 Å². The van der Waals surface area contributed by atoms with Gasteiger partial charge in [0.05, 0.1) is 11.2 Å². The topological polar surface area (TPSA) is 34.2 Å².